The van der Waals surface area contributed by atoms with Crippen LogP contribution in [-0.4, -0.2) is 49.1 Å². The molecule has 0 saturated carbocycles. The van der Waals surface area contributed by atoms with Crippen LogP contribution >= 0.6 is 11.6 Å². The van der Waals surface area contributed by atoms with Crippen molar-refractivity contribution in [2.75, 3.05) is 37.6 Å². The Morgan fingerprint density at radius 1 is 1.12 bits per heavy atom. The zero-order valence-electron chi connectivity index (χ0n) is 16.2. The molecule has 1 saturated heterocycles. The number of amides is 1. The molecule has 1 aromatic carbocycles. The summed E-state index contributed by atoms with van der Waals surface area (Å²) in [5.41, 5.74) is 1.17. The van der Waals surface area contributed by atoms with E-state index in [1.54, 1.807) is 0 Å². The lowest BCUT2D eigenvalue weighted by atomic mass is 9.82. The van der Waals surface area contributed by atoms with Crippen molar-refractivity contribution < 1.29 is 4.79 Å². The second-order valence-corrected chi connectivity index (χ2v) is 9.35. The Morgan fingerprint density at radius 2 is 1.76 bits per heavy atom. The van der Waals surface area contributed by atoms with Gasteiger partial charge in [0.25, 0.3) is 0 Å². The molecule has 1 aliphatic rings. The molecule has 0 radical (unpaired) electrons. The van der Waals surface area contributed by atoms with Gasteiger partial charge in [0.1, 0.15) is 0 Å². The van der Waals surface area contributed by atoms with Crippen LogP contribution in [0.4, 0.5) is 5.69 Å². The Hall–Kier alpha value is -1.26. The number of benzene rings is 1. The van der Waals surface area contributed by atoms with Crippen LogP contribution in [-0.2, 0) is 4.79 Å². The molecule has 0 spiro atoms. The third-order valence-electron chi connectivity index (χ3n) is 4.36. The van der Waals surface area contributed by atoms with Crippen molar-refractivity contribution in [2.45, 2.75) is 46.6 Å². The summed E-state index contributed by atoms with van der Waals surface area (Å²) in [5.74, 6) is 0.116. The van der Waals surface area contributed by atoms with Gasteiger partial charge in [-0.3, -0.25) is 9.69 Å². The molecule has 0 aromatic heterocycles. The predicted octanol–water partition coefficient (Wildman–Crippen LogP) is 3.79. The Bertz CT molecular complexity index is 587. The number of rotatable bonds is 5. The van der Waals surface area contributed by atoms with Crippen molar-refractivity contribution in [1.29, 1.82) is 0 Å². The van der Waals surface area contributed by atoms with E-state index >= 15 is 0 Å². The van der Waals surface area contributed by atoms with E-state index in [-0.39, 0.29) is 16.9 Å². The average molecular weight is 366 g/mol. The van der Waals surface area contributed by atoms with Crippen molar-refractivity contribution in [2.24, 2.45) is 5.41 Å². The Labute approximate surface area is 157 Å². The number of carbonyl (C=O) groups excluding carboxylic acids is 1. The molecule has 1 heterocycles. The summed E-state index contributed by atoms with van der Waals surface area (Å²) in [5, 5.41) is 3.96. The maximum Gasteiger partial charge on any atom is 0.234 e. The van der Waals surface area contributed by atoms with E-state index in [0.29, 0.717) is 6.54 Å². The Morgan fingerprint density at radius 3 is 2.32 bits per heavy atom. The van der Waals surface area contributed by atoms with Crippen LogP contribution in [0.15, 0.2) is 24.3 Å². The van der Waals surface area contributed by atoms with Crippen molar-refractivity contribution >= 4 is 23.2 Å². The van der Waals surface area contributed by atoms with Crippen LogP contribution in [0.2, 0.25) is 5.02 Å². The minimum atomic E-state index is -0.183. The van der Waals surface area contributed by atoms with Crippen LogP contribution in [0.1, 0.15) is 41.0 Å². The van der Waals surface area contributed by atoms with Gasteiger partial charge in [-0.25, -0.2) is 0 Å². The molecular formula is C20H32ClN3O. The van der Waals surface area contributed by atoms with Crippen molar-refractivity contribution in [3.8, 4) is 0 Å². The minimum absolute atomic E-state index is 0.116. The summed E-state index contributed by atoms with van der Waals surface area (Å²) in [6.07, 6.45) is 0.953. The minimum Gasteiger partial charge on any atom is -0.369 e. The van der Waals surface area contributed by atoms with Crippen molar-refractivity contribution in [3.05, 3.63) is 29.3 Å². The SMILES string of the molecule is CC(C)(C)CC(C)(C)NC(=O)CN1CCN(c2cccc(Cl)c2)CC1. The topological polar surface area (TPSA) is 35.6 Å². The molecule has 0 bridgehead atoms. The quantitative estimate of drug-likeness (QED) is 0.862. The van der Waals surface area contributed by atoms with Crippen LogP contribution in [0.3, 0.4) is 0 Å². The van der Waals surface area contributed by atoms with E-state index in [1.807, 2.05) is 18.2 Å². The number of nitrogens with zero attached hydrogens (tertiary/aromatic N) is 2. The summed E-state index contributed by atoms with van der Waals surface area (Å²) < 4.78 is 0. The van der Waals surface area contributed by atoms with Gasteiger partial charge in [0.15, 0.2) is 0 Å². The first-order valence-corrected chi connectivity index (χ1v) is 9.46. The molecular weight excluding hydrogens is 334 g/mol. The normalized spacial score (nSPS) is 16.8. The second kappa shape index (κ2) is 7.96. The van der Waals surface area contributed by atoms with Crippen molar-refractivity contribution in [3.63, 3.8) is 0 Å². The standard InChI is InChI=1S/C20H32ClN3O/c1-19(2,3)15-20(4,5)22-18(25)14-23-9-11-24(12-10-23)17-8-6-7-16(21)13-17/h6-8,13H,9-12,14-15H2,1-5H3,(H,22,25). The molecule has 1 N–H and O–H groups in total. The fourth-order valence-corrected chi connectivity index (χ4v) is 4.01. The molecule has 1 amide bonds. The second-order valence-electron chi connectivity index (χ2n) is 8.91. The summed E-state index contributed by atoms with van der Waals surface area (Å²) in [6, 6.07) is 7.96. The zero-order valence-corrected chi connectivity index (χ0v) is 17.0. The fourth-order valence-electron chi connectivity index (χ4n) is 3.83. The highest BCUT2D eigenvalue weighted by Gasteiger charge is 2.28. The molecule has 5 heteroatoms. The van der Waals surface area contributed by atoms with Gasteiger partial charge in [0.05, 0.1) is 6.54 Å². The fraction of sp³-hybridized carbons (Fsp3) is 0.650. The largest absolute Gasteiger partial charge is 0.369 e. The molecule has 140 valence electrons. The van der Waals surface area contributed by atoms with Gasteiger partial charge in [0.2, 0.25) is 5.91 Å². The highest BCUT2D eigenvalue weighted by atomic mass is 35.5. The first-order chi connectivity index (χ1) is 11.5. The first-order valence-electron chi connectivity index (χ1n) is 9.08. The molecule has 0 atom stereocenters. The van der Waals surface area contributed by atoms with Gasteiger partial charge in [-0.1, -0.05) is 38.4 Å². The molecule has 0 aliphatic carbocycles. The van der Waals surface area contributed by atoms with Gasteiger partial charge in [0, 0.05) is 42.4 Å². The van der Waals surface area contributed by atoms with E-state index in [1.165, 1.54) is 0 Å². The van der Waals surface area contributed by atoms with Gasteiger partial charge >= 0.3 is 0 Å². The lowest BCUT2D eigenvalue weighted by Crippen LogP contribution is -2.53. The Kier molecular flexibility index (Phi) is 6.39. The summed E-state index contributed by atoms with van der Waals surface area (Å²) in [4.78, 5) is 17.0. The third kappa shape index (κ3) is 6.87. The van der Waals surface area contributed by atoms with Crippen LogP contribution < -0.4 is 10.2 Å². The maximum absolute atomic E-state index is 12.4. The van der Waals surface area contributed by atoms with Gasteiger partial charge in [-0.15, -0.1) is 0 Å². The zero-order chi connectivity index (χ0) is 18.7. The van der Waals surface area contributed by atoms with Crippen LogP contribution in [0.5, 0.6) is 0 Å². The van der Waals surface area contributed by atoms with Crippen LogP contribution in [0, 0.1) is 5.41 Å². The monoisotopic (exact) mass is 365 g/mol. The lowest BCUT2D eigenvalue weighted by molar-refractivity contribution is -0.124. The summed E-state index contributed by atoms with van der Waals surface area (Å²) in [7, 11) is 0. The van der Waals surface area contributed by atoms with Gasteiger partial charge < -0.3 is 10.2 Å². The Balaban J connectivity index is 1.80. The van der Waals surface area contributed by atoms with Gasteiger partial charge in [-0.2, -0.15) is 0 Å². The van der Waals surface area contributed by atoms with E-state index in [4.69, 9.17) is 11.6 Å². The van der Waals surface area contributed by atoms with E-state index in [9.17, 15) is 4.79 Å². The smallest absolute Gasteiger partial charge is 0.234 e. The number of piperazine rings is 1. The van der Waals surface area contributed by atoms with E-state index in [0.717, 1.165) is 43.3 Å². The summed E-state index contributed by atoms with van der Waals surface area (Å²) in [6.45, 7) is 14.9. The molecule has 2 rings (SSSR count). The van der Waals surface area contributed by atoms with Crippen LogP contribution in [0.25, 0.3) is 0 Å². The molecule has 4 nitrogen and oxygen atoms in total. The van der Waals surface area contributed by atoms with Crippen molar-refractivity contribution in [1.82, 2.24) is 10.2 Å². The number of halogens is 1. The third-order valence-corrected chi connectivity index (χ3v) is 4.60. The molecule has 1 aliphatic heterocycles. The number of hydrogen-bond donors (Lipinski definition) is 1. The first kappa shape index (κ1) is 20.1. The number of hydrogen-bond acceptors (Lipinski definition) is 3. The molecule has 1 fully saturated rings. The van der Waals surface area contributed by atoms with E-state index in [2.05, 4.69) is 55.8 Å². The maximum atomic E-state index is 12.4. The number of nitrogens with one attached hydrogen (secondary N) is 1. The lowest BCUT2D eigenvalue weighted by Gasteiger charge is -2.37. The highest BCUT2D eigenvalue weighted by molar-refractivity contribution is 6.30. The molecule has 1 aromatic rings. The molecule has 0 unspecified atom stereocenters. The summed E-state index contributed by atoms with van der Waals surface area (Å²) >= 11 is 6.08. The number of anilines is 1. The predicted molar refractivity (Wildman–Crippen MR) is 106 cm³/mol. The molecule has 25 heavy (non-hydrogen) atoms. The highest BCUT2D eigenvalue weighted by Crippen LogP contribution is 2.26. The van der Waals surface area contributed by atoms with Gasteiger partial charge in [-0.05, 0) is 43.9 Å². The average Bonchev–Trinajstić information content (AvgIpc) is 2.44. The van der Waals surface area contributed by atoms with E-state index < -0.39 is 0 Å². The number of carbonyl (C=O) groups is 1.